The minimum atomic E-state index is -0.715. The van der Waals surface area contributed by atoms with Crippen LogP contribution in [-0.2, 0) is 19.1 Å². The van der Waals surface area contributed by atoms with Crippen LogP contribution in [0.15, 0.2) is 5.11 Å². The molecule has 0 bridgehead atoms. The Morgan fingerprint density at radius 2 is 1.00 bits per heavy atom. The van der Waals surface area contributed by atoms with Gasteiger partial charge in [0.2, 0.25) is 0 Å². The maximum absolute atomic E-state index is 12.2. The first-order valence-electron chi connectivity index (χ1n) is 15.5. The molecule has 1 unspecified atom stereocenters. The molecular weight excluding hydrogens is 466 g/mol. The number of nitrogens with zero attached hydrogens (tertiary/aromatic N) is 3. The Morgan fingerprint density at radius 1 is 0.622 bits per heavy atom. The number of esters is 2. The Hall–Kier alpha value is -1.75. The van der Waals surface area contributed by atoms with E-state index in [4.69, 9.17) is 15.0 Å². The van der Waals surface area contributed by atoms with Crippen molar-refractivity contribution in [3.63, 3.8) is 0 Å². The van der Waals surface area contributed by atoms with E-state index in [-0.39, 0.29) is 25.1 Å². The fourth-order valence-electron chi connectivity index (χ4n) is 4.44. The molecule has 0 aromatic rings. The number of ether oxygens (including phenoxy) is 2. The smallest absolute Gasteiger partial charge is 0.306 e. The summed E-state index contributed by atoms with van der Waals surface area (Å²) in [5.74, 6) is -0.605. The molecule has 0 heterocycles. The van der Waals surface area contributed by atoms with Gasteiger partial charge in [-0.3, -0.25) is 9.59 Å². The summed E-state index contributed by atoms with van der Waals surface area (Å²) in [5, 5.41) is 3.50. The molecule has 7 heteroatoms. The van der Waals surface area contributed by atoms with Gasteiger partial charge in [0.25, 0.3) is 0 Å². The van der Waals surface area contributed by atoms with E-state index in [9.17, 15) is 9.59 Å². The molecule has 0 aliphatic carbocycles. The van der Waals surface area contributed by atoms with E-state index in [1.807, 2.05) is 0 Å². The molecule has 0 rings (SSSR count). The van der Waals surface area contributed by atoms with Gasteiger partial charge >= 0.3 is 11.9 Å². The number of unbranched alkanes of at least 4 members (excludes halogenated alkanes) is 19. The summed E-state index contributed by atoms with van der Waals surface area (Å²) < 4.78 is 10.7. The zero-order valence-corrected chi connectivity index (χ0v) is 24.2. The monoisotopic (exact) mass is 523 g/mol. The van der Waals surface area contributed by atoms with Crippen molar-refractivity contribution in [1.29, 1.82) is 0 Å². The molecule has 7 nitrogen and oxygen atoms in total. The maximum Gasteiger partial charge on any atom is 0.306 e. The van der Waals surface area contributed by atoms with E-state index < -0.39 is 6.10 Å². The lowest BCUT2D eigenvalue weighted by Gasteiger charge is -2.16. The van der Waals surface area contributed by atoms with Gasteiger partial charge in [-0.15, -0.1) is 0 Å². The van der Waals surface area contributed by atoms with E-state index in [1.165, 1.54) is 96.3 Å². The molecule has 0 N–H and O–H groups in total. The molecule has 1 atom stereocenters. The number of azide groups is 1. The van der Waals surface area contributed by atoms with Crippen LogP contribution in [0.25, 0.3) is 10.4 Å². The second-order valence-electron chi connectivity index (χ2n) is 10.4. The van der Waals surface area contributed by atoms with Crippen molar-refractivity contribution in [1.82, 2.24) is 0 Å². The van der Waals surface area contributed by atoms with Crippen molar-refractivity contribution in [3.05, 3.63) is 10.4 Å². The van der Waals surface area contributed by atoms with Crippen LogP contribution in [-0.4, -0.2) is 31.2 Å². The Morgan fingerprint density at radius 3 is 1.41 bits per heavy atom. The summed E-state index contributed by atoms with van der Waals surface area (Å²) in [6.07, 6.45) is 25.5. The summed E-state index contributed by atoms with van der Waals surface area (Å²) in [7, 11) is 0. The molecule has 0 saturated heterocycles. The fourth-order valence-corrected chi connectivity index (χ4v) is 4.44. The highest BCUT2D eigenvalue weighted by Crippen LogP contribution is 2.13. The highest BCUT2D eigenvalue weighted by molar-refractivity contribution is 5.70. The maximum atomic E-state index is 12.2. The average molecular weight is 524 g/mol. The Bertz CT molecular complexity index is 579. The third kappa shape index (κ3) is 27.1. The third-order valence-electron chi connectivity index (χ3n) is 6.80. The number of hydrogen-bond acceptors (Lipinski definition) is 5. The topological polar surface area (TPSA) is 101 Å². The summed E-state index contributed by atoms with van der Waals surface area (Å²) >= 11 is 0. The summed E-state index contributed by atoms with van der Waals surface area (Å²) in [4.78, 5) is 27.0. The van der Waals surface area contributed by atoms with Crippen LogP contribution in [0.5, 0.6) is 0 Å². The van der Waals surface area contributed by atoms with Gasteiger partial charge in [-0.05, 0) is 18.4 Å². The van der Waals surface area contributed by atoms with Crippen molar-refractivity contribution in [2.75, 3.05) is 13.2 Å². The van der Waals surface area contributed by atoms with Gasteiger partial charge in [0, 0.05) is 17.8 Å². The predicted molar refractivity (Wildman–Crippen MR) is 152 cm³/mol. The highest BCUT2D eigenvalue weighted by Gasteiger charge is 2.16. The largest absolute Gasteiger partial charge is 0.462 e. The second kappa shape index (κ2) is 28.8. The number of rotatable bonds is 28. The van der Waals surface area contributed by atoms with Gasteiger partial charge in [0.15, 0.2) is 0 Å². The molecular formula is C30H57N3O4. The molecule has 0 radical (unpaired) electrons. The molecule has 37 heavy (non-hydrogen) atoms. The van der Waals surface area contributed by atoms with E-state index in [0.717, 1.165) is 38.5 Å². The molecule has 0 fully saturated rings. The Balaban J connectivity index is 3.83. The first kappa shape index (κ1) is 35.2. The van der Waals surface area contributed by atoms with Gasteiger partial charge in [-0.1, -0.05) is 141 Å². The van der Waals surface area contributed by atoms with Gasteiger partial charge in [-0.2, -0.15) is 0 Å². The minimum Gasteiger partial charge on any atom is -0.462 e. The van der Waals surface area contributed by atoms with Crippen LogP contribution in [0.1, 0.15) is 162 Å². The van der Waals surface area contributed by atoms with Crippen LogP contribution in [0.4, 0.5) is 0 Å². The molecule has 0 aliphatic rings. The molecule has 0 aromatic heterocycles. The van der Waals surface area contributed by atoms with Gasteiger partial charge in [-0.25, -0.2) is 0 Å². The zero-order chi connectivity index (χ0) is 27.2. The Kier molecular flexibility index (Phi) is 27.5. The Labute approximate surface area is 227 Å². The van der Waals surface area contributed by atoms with E-state index in [1.54, 1.807) is 0 Å². The van der Waals surface area contributed by atoms with Crippen LogP contribution in [0, 0.1) is 0 Å². The van der Waals surface area contributed by atoms with Crippen LogP contribution in [0.2, 0.25) is 0 Å². The first-order chi connectivity index (χ1) is 18.1. The van der Waals surface area contributed by atoms with Crippen molar-refractivity contribution >= 4 is 11.9 Å². The third-order valence-corrected chi connectivity index (χ3v) is 6.80. The molecule has 0 amide bonds. The zero-order valence-electron chi connectivity index (χ0n) is 24.2. The molecule has 216 valence electrons. The van der Waals surface area contributed by atoms with Gasteiger partial charge < -0.3 is 9.47 Å². The predicted octanol–water partition coefficient (Wildman–Crippen LogP) is 9.76. The molecule has 0 aromatic carbocycles. The fraction of sp³-hybridized carbons (Fsp3) is 0.933. The number of carbonyl (C=O) groups excluding carboxylic acids is 2. The van der Waals surface area contributed by atoms with Crippen LogP contribution in [0.3, 0.4) is 0 Å². The molecule has 0 spiro atoms. The van der Waals surface area contributed by atoms with E-state index in [2.05, 4.69) is 23.9 Å². The summed E-state index contributed by atoms with van der Waals surface area (Å²) in [6.45, 7) is 4.40. The average Bonchev–Trinajstić information content (AvgIpc) is 2.89. The van der Waals surface area contributed by atoms with Gasteiger partial charge in [0.05, 0.1) is 6.54 Å². The van der Waals surface area contributed by atoms with E-state index >= 15 is 0 Å². The number of carbonyl (C=O) groups is 2. The highest BCUT2D eigenvalue weighted by atomic mass is 16.6. The lowest BCUT2D eigenvalue weighted by Crippen LogP contribution is -2.27. The minimum absolute atomic E-state index is 0.0218. The van der Waals surface area contributed by atoms with Crippen molar-refractivity contribution in [3.8, 4) is 0 Å². The SMILES string of the molecule is CCCCCCCCCCCCCC(=O)OC(CN=[N+]=[N-])COC(=O)CCCCCCCCCCCC. The quantitative estimate of drug-likeness (QED) is 0.0335. The van der Waals surface area contributed by atoms with Crippen molar-refractivity contribution in [2.24, 2.45) is 5.11 Å². The summed E-state index contributed by atoms with van der Waals surface area (Å²) in [5.41, 5.74) is 8.61. The van der Waals surface area contributed by atoms with Crippen LogP contribution < -0.4 is 0 Å². The van der Waals surface area contributed by atoms with E-state index in [0.29, 0.717) is 12.8 Å². The van der Waals surface area contributed by atoms with Gasteiger partial charge in [0.1, 0.15) is 12.7 Å². The van der Waals surface area contributed by atoms with Crippen molar-refractivity contribution < 1.29 is 19.1 Å². The summed E-state index contributed by atoms with van der Waals surface area (Å²) in [6, 6.07) is 0. The number of hydrogen-bond donors (Lipinski definition) is 0. The molecule has 0 saturated carbocycles. The first-order valence-corrected chi connectivity index (χ1v) is 15.5. The second-order valence-corrected chi connectivity index (χ2v) is 10.4. The lowest BCUT2D eigenvalue weighted by atomic mass is 10.1. The lowest BCUT2D eigenvalue weighted by molar-refractivity contribution is -0.158. The normalized spacial score (nSPS) is 11.6. The van der Waals surface area contributed by atoms with Crippen LogP contribution >= 0.6 is 0 Å². The van der Waals surface area contributed by atoms with Crippen molar-refractivity contribution in [2.45, 2.75) is 168 Å². The molecule has 0 aliphatic heterocycles. The standard InChI is InChI=1S/C30H57N3O4/c1-3-5-7-9-11-13-15-17-19-21-23-25-30(35)37-28(26-32-33-31)27-36-29(34)24-22-20-18-16-14-12-10-8-6-4-2/h28H,3-27H2,1-2H3.